The Morgan fingerprint density at radius 2 is 2.12 bits per heavy atom. The van der Waals surface area contributed by atoms with Crippen molar-refractivity contribution < 1.29 is 4.74 Å². The van der Waals surface area contributed by atoms with Gasteiger partial charge in [-0.25, -0.2) is 0 Å². The molecular weight excluding hydrogens is 218 g/mol. The van der Waals surface area contributed by atoms with Gasteiger partial charge in [0.25, 0.3) is 0 Å². The fraction of sp³-hybridized carbons (Fsp3) is 0.538. The predicted octanol–water partition coefficient (Wildman–Crippen LogP) is 3.03. The molecule has 0 saturated carbocycles. The van der Waals surface area contributed by atoms with Gasteiger partial charge in [-0.15, -0.1) is 11.8 Å². The Hall–Kier alpha value is -0.670. The number of ether oxygens (including phenoxy) is 1. The van der Waals surface area contributed by atoms with Gasteiger partial charge in [0.05, 0.1) is 7.11 Å². The van der Waals surface area contributed by atoms with Gasteiger partial charge in [0.1, 0.15) is 5.75 Å². The largest absolute Gasteiger partial charge is 0.496 e. The van der Waals surface area contributed by atoms with E-state index in [0.717, 1.165) is 11.5 Å². The normalized spacial score (nSPS) is 22.7. The zero-order chi connectivity index (χ0) is 11.9. The van der Waals surface area contributed by atoms with Crippen LogP contribution in [-0.2, 0) is 5.75 Å². The minimum absolute atomic E-state index is 0.0800. The highest BCUT2D eigenvalue weighted by molar-refractivity contribution is 8.00. The number of methoxy groups -OCH3 is 1. The van der Waals surface area contributed by atoms with E-state index in [0.29, 0.717) is 0 Å². The molecule has 1 atom stereocenters. The van der Waals surface area contributed by atoms with Crippen LogP contribution in [0.3, 0.4) is 0 Å². The molecule has 3 heteroatoms. The predicted molar refractivity (Wildman–Crippen MR) is 70.0 cm³/mol. The Kier molecular flexibility index (Phi) is 2.93. The van der Waals surface area contributed by atoms with Crippen LogP contribution in [0.25, 0.3) is 0 Å². The van der Waals surface area contributed by atoms with Crippen molar-refractivity contribution in [3.8, 4) is 5.75 Å². The fourth-order valence-electron chi connectivity index (χ4n) is 2.23. The second kappa shape index (κ2) is 3.97. The lowest BCUT2D eigenvalue weighted by atomic mass is 9.88. The maximum Gasteiger partial charge on any atom is 0.123 e. The maximum absolute atomic E-state index is 6.37. The molecule has 0 radical (unpaired) electrons. The van der Waals surface area contributed by atoms with Crippen molar-refractivity contribution in [2.24, 2.45) is 5.73 Å². The molecule has 1 aliphatic heterocycles. The van der Waals surface area contributed by atoms with Gasteiger partial charge in [-0.1, -0.05) is 6.07 Å². The number of rotatable bonds is 1. The standard InChI is InChI=1S/C13H19NOS/c1-8-5-6-10(15-4)9-7-16-13(2,3)12(14)11(8)9/h5-6,12H,7,14H2,1-4H3. The van der Waals surface area contributed by atoms with Crippen molar-refractivity contribution in [2.45, 2.75) is 37.3 Å². The van der Waals surface area contributed by atoms with Crippen LogP contribution in [0.2, 0.25) is 0 Å². The van der Waals surface area contributed by atoms with E-state index in [4.69, 9.17) is 10.5 Å². The molecule has 0 spiro atoms. The molecule has 0 amide bonds. The van der Waals surface area contributed by atoms with E-state index in [1.807, 2.05) is 17.8 Å². The highest BCUT2D eigenvalue weighted by Gasteiger charge is 2.36. The number of fused-ring (bicyclic) bond motifs is 1. The number of benzene rings is 1. The first kappa shape index (κ1) is 11.8. The molecule has 0 aliphatic carbocycles. The number of aryl methyl sites for hydroxylation is 1. The minimum atomic E-state index is 0.0800. The summed E-state index contributed by atoms with van der Waals surface area (Å²) in [6.07, 6.45) is 0. The molecule has 1 heterocycles. The number of hydrogen-bond donors (Lipinski definition) is 1. The Morgan fingerprint density at radius 3 is 2.75 bits per heavy atom. The van der Waals surface area contributed by atoms with Gasteiger partial charge in [0.2, 0.25) is 0 Å². The summed E-state index contributed by atoms with van der Waals surface area (Å²) >= 11 is 1.90. The topological polar surface area (TPSA) is 35.2 Å². The van der Waals surface area contributed by atoms with E-state index < -0.39 is 0 Å². The molecule has 1 unspecified atom stereocenters. The number of hydrogen-bond acceptors (Lipinski definition) is 3. The zero-order valence-electron chi connectivity index (χ0n) is 10.3. The summed E-state index contributed by atoms with van der Waals surface area (Å²) in [6.45, 7) is 6.55. The average molecular weight is 237 g/mol. The molecule has 0 fully saturated rings. The molecule has 2 N–H and O–H groups in total. The molecular formula is C13H19NOS. The highest BCUT2D eigenvalue weighted by Crippen LogP contribution is 2.47. The summed E-state index contributed by atoms with van der Waals surface area (Å²) in [7, 11) is 1.72. The molecule has 0 aromatic heterocycles. The monoisotopic (exact) mass is 237 g/mol. The number of thioether (sulfide) groups is 1. The van der Waals surface area contributed by atoms with E-state index in [-0.39, 0.29) is 10.8 Å². The summed E-state index contributed by atoms with van der Waals surface area (Å²) in [5.74, 6) is 1.96. The van der Waals surface area contributed by atoms with Crippen LogP contribution in [0.15, 0.2) is 12.1 Å². The van der Waals surface area contributed by atoms with Gasteiger partial charge in [-0.2, -0.15) is 0 Å². The van der Waals surface area contributed by atoms with E-state index >= 15 is 0 Å². The summed E-state index contributed by atoms with van der Waals surface area (Å²) in [6, 6.07) is 4.22. The van der Waals surface area contributed by atoms with Crippen molar-refractivity contribution in [3.63, 3.8) is 0 Å². The smallest absolute Gasteiger partial charge is 0.123 e. The minimum Gasteiger partial charge on any atom is -0.496 e. The SMILES string of the molecule is COc1ccc(C)c2c1CSC(C)(C)C2N. The highest BCUT2D eigenvalue weighted by atomic mass is 32.2. The summed E-state index contributed by atoms with van der Waals surface area (Å²) in [4.78, 5) is 0. The Balaban J connectivity index is 2.59. The van der Waals surface area contributed by atoms with Crippen molar-refractivity contribution in [3.05, 3.63) is 28.8 Å². The van der Waals surface area contributed by atoms with Gasteiger partial charge in [0.15, 0.2) is 0 Å². The van der Waals surface area contributed by atoms with Crippen LogP contribution in [0.4, 0.5) is 0 Å². The summed E-state index contributed by atoms with van der Waals surface area (Å²) in [5.41, 5.74) is 10.2. The molecule has 16 heavy (non-hydrogen) atoms. The first-order valence-corrected chi connectivity index (χ1v) is 6.52. The molecule has 2 rings (SSSR count). The van der Waals surface area contributed by atoms with Gasteiger partial charge in [-0.05, 0) is 38.0 Å². The Labute approximate surface area is 102 Å². The third-order valence-electron chi connectivity index (χ3n) is 3.40. The van der Waals surface area contributed by atoms with Gasteiger partial charge in [-0.3, -0.25) is 0 Å². The van der Waals surface area contributed by atoms with Crippen LogP contribution < -0.4 is 10.5 Å². The van der Waals surface area contributed by atoms with Crippen molar-refractivity contribution >= 4 is 11.8 Å². The van der Waals surface area contributed by atoms with Crippen molar-refractivity contribution in [1.82, 2.24) is 0 Å². The van der Waals surface area contributed by atoms with E-state index in [2.05, 4.69) is 26.8 Å². The quantitative estimate of drug-likeness (QED) is 0.815. The lowest BCUT2D eigenvalue weighted by Gasteiger charge is -2.38. The van der Waals surface area contributed by atoms with Gasteiger partial charge < -0.3 is 10.5 Å². The van der Waals surface area contributed by atoms with E-state index in [1.165, 1.54) is 16.7 Å². The molecule has 0 saturated heterocycles. The Bertz CT molecular complexity index is 415. The summed E-state index contributed by atoms with van der Waals surface area (Å²) in [5, 5.41) is 0. The van der Waals surface area contributed by atoms with Crippen LogP contribution in [-0.4, -0.2) is 11.9 Å². The fourth-order valence-corrected chi connectivity index (χ4v) is 3.34. The maximum atomic E-state index is 6.37. The lowest BCUT2D eigenvalue weighted by Crippen LogP contribution is -2.36. The van der Waals surface area contributed by atoms with E-state index in [9.17, 15) is 0 Å². The average Bonchev–Trinajstić information content (AvgIpc) is 2.24. The van der Waals surface area contributed by atoms with Gasteiger partial charge >= 0.3 is 0 Å². The molecule has 88 valence electrons. The van der Waals surface area contributed by atoms with Crippen LogP contribution >= 0.6 is 11.8 Å². The first-order valence-electron chi connectivity index (χ1n) is 5.53. The van der Waals surface area contributed by atoms with Crippen LogP contribution in [0, 0.1) is 6.92 Å². The van der Waals surface area contributed by atoms with Gasteiger partial charge in [0, 0.05) is 22.1 Å². The lowest BCUT2D eigenvalue weighted by molar-refractivity contribution is 0.408. The van der Waals surface area contributed by atoms with Crippen molar-refractivity contribution in [1.29, 1.82) is 0 Å². The van der Waals surface area contributed by atoms with E-state index in [1.54, 1.807) is 7.11 Å². The van der Waals surface area contributed by atoms with Crippen LogP contribution in [0.1, 0.15) is 36.6 Å². The van der Waals surface area contributed by atoms with Crippen LogP contribution in [0.5, 0.6) is 5.75 Å². The number of nitrogens with two attached hydrogens (primary N) is 1. The second-order valence-corrected chi connectivity index (χ2v) is 6.48. The third-order valence-corrected chi connectivity index (χ3v) is 4.83. The Morgan fingerprint density at radius 1 is 1.44 bits per heavy atom. The molecule has 0 bridgehead atoms. The van der Waals surface area contributed by atoms with Crippen molar-refractivity contribution in [2.75, 3.05) is 7.11 Å². The molecule has 1 aliphatic rings. The summed E-state index contributed by atoms with van der Waals surface area (Å²) < 4.78 is 5.52. The molecule has 2 nitrogen and oxygen atoms in total. The third kappa shape index (κ3) is 1.72. The molecule has 1 aromatic carbocycles. The second-order valence-electron chi connectivity index (χ2n) is 4.85. The first-order chi connectivity index (χ1) is 7.47. The zero-order valence-corrected chi connectivity index (χ0v) is 11.1. The molecule has 1 aromatic rings.